The van der Waals surface area contributed by atoms with Crippen molar-refractivity contribution in [3.63, 3.8) is 0 Å². The maximum absolute atomic E-state index is 11.6. The van der Waals surface area contributed by atoms with E-state index in [1.807, 2.05) is 0 Å². The van der Waals surface area contributed by atoms with E-state index in [1.165, 1.54) is 0 Å². The smallest absolute Gasteiger partial charge is 0.251 e. The number of carbonyl (C=O) groups is 1. The average Bonchev–Trinajstić information content (AvgIpc) is 2.69. The van der Waals surface area contributed by atoms with E-state index in [2.05, 4.69) is 5.32 Å². The Kier molecular flexibility index (Phi) is 1.63. The molecule has 0 spiro atoms. The Hall–Kier alpha value is -1.75. The monoisotopic (exact) mass is 206 g/mol. The summed E-state index contributed by atoms with van der Waals surface area (Å²) in [5.41, 5.74) is 7.30. The third-order valence-corrected chi connectivity index (χ3v) is 2.67. The van der Waals surface area contributed by atoms with Gasteiger partial charge in [-0.25, -0.2) is 0 Å². The summed E-state index contributed by atoms with van der Waals surface area (Å²) >= 11 is 0. The van der Waals surface area contributed by atoms with E-state index in [0.717, 1.165) is 5.56 Å². The zero-order valence-corrected chi connectivity index (χ0v) is 7.95. The fraction of sp³-hybridized carbons (Fsp3) is 0.300. The van der Waals surface area contributed by atoms with E-state index in [-0.39, 0.29) is 18.7 Å². The first kappa shape index (κ1) is 8.55. The molecule has 5 heteroatoms. The van der Waals surface area contributed by atoms with Crippen LogP contribution in [0.2, 0.25) is 0 Å². The topological polar surface area (TPSA) is 73.6 Å². The molecule has 2 aliphatic rings. The summed E-state index contributed by atoms with van der Waals surface area (Å²) in [7, 11) is 0. The molecule has 1 amide bonds. The molecule has 3 rings (SSSR count). The molecule has 0 unspecified atom stereocenters. The minimum absolute atomic E-state index is 0.106. The molecule has 2 heterocycles. The first-order valence-electron chi connectivity index (χ1n) is 4.73. The van der Waals surface area contributed by atoms with Gasteiger partial charge in [0, 0.05) is 18.2 Å². The van der Waals surface area contributed by atoms with Crippen molar-refractivity contribution < 1.29 is 14.3 Å². The Morgan fingerprint density at radius 1 is 1.33 bits per heavy atom. The molecule has 2 aliphatic heterocycles. The normalized spacial score (nSPS) is 22.2. The molecule has 1 aromatic carbocycles. The number of fused-ring (bicyclic) bond motifs is 2. The maximum atomic E-state index is 11.6. The number of rotatable bonds is 0. The van der Waals surface area contributed by atoms with Crippen molar-refractivity contribution in [3.05, 3.63) is 23.3 Å². The second kappa shape index (κ2) is 2.87. The lowest BCUT2D eigenvalue weighted by Crippen LogP contribution is -2.38. The number of benzene rings is 1. The second-order valence-electron chi connectivity index (χ2n) is 3.61. The first-order chi connectivity index (χ1) is 7.25. The van der Waals surface area contributed by atoms with Crippen LogP contribution in [0.1, 0.15) is 22.0 Å². The number of hydrogen-bond acceptors (Lipinski definition) is 4. The molecule has 15 heavy (non-hydrogen) atoms. The molecule has 0 saturated carbocycles. The van der Waals surface area contributed by atoms with Gasteiger partial charge in [0.05, 0.1) is 0 Å². The molecular weight excluding hydrogens is 196 g/mol. The lowest BCUT2D eigenvalue weighted by molar-refractivity contribution is 0.0940. The van der Waals surface area contributed by atoms with E-state index >= 15 is 0 Å². The van der Waals surface area contributed by atoms with Crippen LogP contribution in [0, 0.1) is 0 Å². The van der Waals surface area contributed by atoms with Gasteiger partial charge in [-0.15, -0.1) is 0 Å². The molecule has 0 fully saturated rings. The third kappa shape index (κ3) is 1.16. The molecule has 78 valence electrons. The predicted octanol–water partition coefficient (Wildman–Crippen LogP) is 0.158. The zero-order chi connectivity index (χ0) is 10.4. The molecule has 3 N–H and O–H groups in total. The maximum Gasteiger partial charge on any atom is 0.251 e. The quantitative estimate of drug-likeness (QED) is 0.634. The molecule has 0 radical (unpaired) electrons. The van der Waals surface area contributed by atoms with Crippen molar-refractivity contribution >= 4 is 5.91 Å². The standard InChI is InChI=1S/C10H10N2O3/c11-7-3-12-10(13)6-2-9-8(1-5(6)7)14-4-15-9/h1-2,7H,3-4,11H2,(H,12,13)/t7-/m0/s1. The zero-order valence-electron chi connectivity index (χ0n) is 7.95. The number of ether oxygens (including phenoxy) is 2. The van der Waals surface area contributed by atoms with Gasteiger partial charge in [0.15, 0.2) is 11.5 Å². The Balaban J connectivity index is 2.19. The third-order valence-electron chi connectivity index (χ3n) is 2.67. The van der Waals surface area contributed by atoms with Crippen molar-refractivity contribution in [2.75, 3.05) is 13.3 Å². The van der Waals surface area contributed by atoms with Gasteiger partial charge < -0.3 is 20.5 Å². The minimum Gasteiger partial charge on any atom is -0.454 e. The first-order valence-corrected chi connectivity index (χ1v) is 4.73. The fourth-order valence-corrected chi connectivity index (χ4v) is 1.87. The fourth-order valence-electron chi connectivity index (χ4n) is 1.87. The lowest BCUT2D eigenvalue weighted by Gasteiger charge is -2.22. The summed E-state index contributed by atoms with van der Waals surface area (Å²) in [6.45, 7) is 0.667. The average molecular weight is 206 g/mol. The molecule has 0 aromatic heterocycles. The van der Waals surface area contributed by atoms with Crippen molar-refractivity contribution in [1.82, 2.24) is 5.32 Å². The summed E-state index contributed by atoms with van der Waals surface area (Å²) in [6, 6.07) is 3.31. The lowest BCUT2D eigenvalue weighted by atomic mass is 9.96. The van der Waals surface area contributed by atoms with Crippen LogP contribution in [0.3, 0.4) is 0 Å². The van der Waals surface area contributed by atoms with Crippen LogP contribution >= 0.6 is 0 Å². The van der Waals surface area contributed by atoms with Crippen LogP contribution < -0.4 is 20.5 Å². The molecule has 5 nitrogen and oxygen atoms in total. The second-order valence-corrected chi connectivity index (χ2v) is 3.61. The van der Waals surface area contributed by atoms with Crippen LogP contribution in [0.25, 0.3) is 0 Å². The highest BCUT2D eigenvalue weighted by Crippen LogP contribution is 2.37. The number of carbonyl (C=O) groups excluding carboxylic acids is 1. The van der Waals surface area contributed by atoms with Gasteiger partial charge in [-0.05, 0) is 17.7 Å². The number of amides is 1. The Morgan fingerprint density at radius 2 is 2.07 bits per heavy atom. The van der Waals surface area contributed by atoms with Gasteiger partial charge in [0.25, 0.3) is 5.91 Å². The summed E-state index contributed by atoms with van der Waals surface area (Å²) in [4.78, 5) is 11.6. The number of hydrogen-bond donors (Lipinski definition) is 2. The number of nitrogens with two attached hydrogens (primary N) is 1. The summed E-state index contributed by atoms with van der Waals surface area (Å²) in [5.74, 6) is 1.17. The van der Waals surface area contributed by atoms with Crippen molar-refractivity contribution in [2.45, 2.75) is 6.04 Å². The largest absolute Gasteiger partial charge is 0.454 e. The van der Waals surface area contributed by atoms with E-state index in [0.29, 0.717) is 23.6 Å². The molecule has 0 saturated heterocycles. The van der Waals surface area contributed by atoms with E-state index in [1.54, 1.807) is 12.1 Å². The molecule has 0 aliphatic carbocycles. The van der Waals surface area contributed by atoms with E-state index < -0.39 is 0 Å². The Labute approximate surface area is 86.2 Å². The SMILES string of the molecule is N[C@H]1CNC(=O)c2cc3c(cc21)OCO3. The highest BCUT2D eigenvalue weighted by molar-refractivity contribution is 5.97. The van der Waals surface area contributed by atoms with Gasteiger partial charge >= 0.3 is 0 Å². The van der Waals surface area contributed by atoms with Gasteiger partial charge in [-0.3, -0.25) is 4.79 Å². The molecule has 1 atom stereocenters. The van der Waals surface area contributed by atoms with Crippen LogP contribution in [0.15, 0.2) is 12.1 Å². The summed E-state index contributed by atoms with van der Waals surface area (Å²) in [6.07, 6.45) is 0. The van der Waals surface area contributed by atoms with Crippen LogP contribution in [-0.2, 0) is 0 Å². The van der Waals surface area contributed by atoms with E-state index in [9.17, 15) is 4.79 Å². The number of nitrogens with one attached hydrogen (secondary N) is 1. The predicted molar refractivity (Wildman–Crippen MR) is 51.8 cm³/mol. The van der Waals surface area contributed by atoms with Gasteiger partial charge in [-0.2, -0.15) is 0 Å². The highest BCUT2D eigenvalue weighted by atomic mass is 16.7. The Bertz CT molecular complexity index is 445. The molecule has 0 bridgehead atoms. The molecule has 1 aromatic rings. The summed E-state index contributed by atoms with van der Waals surface area (Å²) < 4.78 is 10.4. The van der Waals surface area contributed by atoms with Crippen LogP contribution in [-0.4, -0.2) is 19.2 Å². The van der Waals surface area contributed by atoms with Gasteiger partial charge in [0.1, 0.15) is 0 Å². The minimum atomic E-state index is -0.174. The van der Waals surface area contributed by atoms with Crippen molar-refractivity contribution in [2.24, 2.45) is 5.73 Å². The van der Waals surface area contributed by atoms with Crippen LogP contribution in [0.4, 0.5) is 0 Å². The Morgan fingerprint density at radius 3 is 2.87 bits per heavy atom. The van der Waals surface area contributed by atoms with Crippen molar-refractivity contribution in [3.8, 4) is 11.5 Å². The molecular formula is C10H10N2O3. The van der Waals surface area contributed by atoms with E-state index in [4.69, 9.17) is 15.2 Å². The van der Waals surface area contributed by atoms with Crippen LogP contribution in [0.5, 0.6) is 11.5 Å². The van der Waals surface area contributed by atoms with Gasteiger partial charge in [0.2, 0.25) is 6.79 Å². The highest BCUT2D eigenvalue weighted by Gasteiger charge is 2.27. The summed E-state index contributed by atoms with van der Waals surface area (Å²) in [5, 5.41) is 2.72. The van der Waals surface area contributed by atoms with Crippen molar-refractivity contribution in [1.29, 1.82) is 0 Å². The van der Waals surface area contributed by atoms with Gasteiger partial charge in [-0.1, -0.05) is 0 Å².